The molecule has 1 aromatic heterocycles. The van der Waals surface area contributed by atoms with Gasteiger partial charge in [0.25, 0.3) is 0 Å². The molecule has 0 unspecified atom stereocenters. The van der Waals surface area contributed by atoms with Gasteiger partial charge in [0.2, 0.25) is 0 Å². The van der Waals surface area contributed by atoms with Crippen molar-refractivity contribution in [3.8, 4) is 0 Å². The summed E-state index contributed by atoms with van der Waals surface area (Å²) < 4.78 is 36.4. The van der Waals surface area contributed by atoms with Crippen molar-refractivity contribution in [2.45, 2.75) is 19.6 Å². The number of thiazole rings is 1. The summed E-state index contributed by atoms with van der Waals surface area (Å²) in [5.41, 5.74) is 0.774. The van der Waals surface area contributed by atoms with Crippen molar-refractivity contribution in [3.63, 3.8) is 0 Å². The van der Waals surface area contributed by atoms with Crippen molar-refractivity contribution in [2.75, 3.05) is 25.0 Å². The molecule has 0 aromatic carbocycles. The number of hydrogen-bond donors (Lipinski definition) is 1. The SMILES string of the molecule is CCNCc1csc(N(C)CC(F)(F)F)n1. The smallest absolute Gasteiger partial charge is 0.342 e. The number of nitrogens with one attached hydrogen (secondary N) is 1. The Bertz CT molecular complexity index is 324. The molecule has 0 spiro atoms. The van der Waals surface area contributed by atoms with E-state index in [0.29, 0.717) is 11.7 Å². The second-order valence-electron chi connectivity index (χ2n) is 3.37. The maximum absolute atomic E-state index is 12.1. The largest absolute Gasteiger partial charge is 0.405 e. The zero-order valence-electron chi connectivity index (χ0n) is 9.14. The summed E-state index contributed by atoms with van der Waals surface area (Å²) in [6.07, 6.45) is -4.19. The zero-order valence-corrected chi connectivity index (χ0v) is 9.95. The first-order chi connectivity index (χ1) is 7.42. The van der Waals surface area contributed by atoms with Crippen molar-refractivity contribution in [1.82, 2.24) is 10.3 Å². The Morgan fingerprint density at radius 2 is 2.19 bits per heavy atom. The maximum Gasteiger partial charge on any atom is 0.405 e. The lowest BCUT2D eigenvalue weighted by molar-refractivity contribution is -0.119. The molecule has 0 saturated carbocycles. The van der Waals surface area contributed by atoms with Crippen LogP contribution in [-0.2, 0) is 6.54 Å². The van der Waals surface area contributed by atoms with Gasteiger partial charge in [0.1, 0.15) is 6.54 Å². The molecule has 92 valence electrons. The first-order valence-corrected chi connectivity index (χ1v) is 5.73. The molecule has 0 fully saturated rings. The fourth-order valence-electron chi connectivity index (χ4n) is 1.14. The summed E-state index contributed by atoms with van der Waals surface area (Å²) >= 11 is 1.22. The predicted molar refractivity (Wildman–Crippen MR) is 58.8 cm³/mol. The number of hydrogen-bond acceptors (Lipinski definition) is 4. The van der Waals surface area contributed by atoms with E-state index in [0.717, 1.165) is 17.1 Å². The standard InChI is InChI=1S/C9H14F3N3S/c1-3-13-4-7-5-16-8(14-7)15(2)6-9(10,11)12/h5,13H,3-4,6H2,1-2H3. The predicted octanol–water partition coefficient (Wildman–Crippen LogP) is 2.25. The molecule has 1 heterocycles. The highest BCUT2D eigenvalue weighted by molar-refractivity contribution is 7.13. The van der Waals surface area contributed by atoms with E-state index in [-0.39, 0.29) is 0 Å². The zero-order chi connectivity index (χ0) is 12.2. The summed E-state index contributed by atoms with van der Waals surface area (Å²) in [6.45, 7) is 2.39. The summed E-state index contributed by atoms with van der Waals surface area (Å²) in [5, 5.41) is 5.23. The molecule has 0 atom stereocenters. The average Bonchev–Trinajstić information content (AvgIpc) is 2.60. The van der Waals surface area contributed by atoms with Crippen LogP contribution in [0.4, 0.5) is 18.3 Å². The van der Waals surface area contributed by atoms with Crippen molar-refractivity contribution in [2.24, 2.45) is 0 Å². The van der Waals surface area contributed by atoms with E-state index in [1.54, 1.807) is 5.38 Å². The number of halogens is 3. The van der Waals surface area contributed by atoms with Crippen LogP contribution in [-0.4, -0.2) is 31.3 Å². The lowest BCUT2D eigenvalue weighted by atomic mass is 10.5. The molecular formula is C9H14F3N3S. The van der Waals surface area contributed by atoms with Gasteiger partial charge >= 0.3 is 6.18 Å². The second kappa shape index (κ2) is 5.49. The molecule has 0 bridgehead atoms. The maximum atomic E-state index is 12.1. The van der Waals surface area contributed by atoms with Gasteiger partial charge in [-0.1, -0.05) is 6.92 Å². The lowest BCUT2D eigenvalue weighted by Crippen LogP contribution is -2.30. The van der Waals surface area contributed by atoms with E-state index in [9.17, 15) is 13.2 Å². The van der Waals surface area contributed by atoms with Gasteiger partial charge in [0.05, 0.1) is 5.69 Å². The summed E-state index contributed by atoms with van der Waals surface area (Å²) in [6, 6.07) is 0. The summed E-state index contributed by atoms with van der Waals surface area (Å²) in [5.74, 6) is 0. The molecule has 7 heteroatoms. The molecule has 16 heavy (non-hydrogen) atoms. The van der Waals surface area contributed by atoms with Crippen LogP contribution < -0.4 is 10.2 Å². The second-order valence-corrected chi connectivity index (χ2v) is 4.21. The van der Waals surface area contributed by atoms with E-state index in [1.807, 2.05) is 6.92 Å². The summed E-state index contributed by atoms with van der Waals surface area (Å²) in [7, 11) is 1.39. The molecule has 0 amide bonds. The van der Waals surface area contributed by atoms with Crippen LogP contribution in [0, 0.1) is 0 Å². The monoisotopic (exact) mass is 253 g/mol. The third-order valence-electron chi connectivity index (χ3n) is 1.84. The van der Waals surface area contributed by atoms with Crippen LogP contribution in [0.5, 0.6) is 0 Å². The minimum absolute atomic E-state index is 0.394. The van der Waals surface area contributed by atoms with Gasteiger partial charge in [-0.2, -0.15) is 13.2 Å². The van der Waals surface area contributed by atoms with Crippen LogP contribution in [0.2, 0.25) is 0 Å². The molecule has 0 radical (unpaired) electrons. The molecule has 0 aliphatic heterocycles. The van der Waals surface area contributed by atoms with Crippen LogP contribution in [0.3, 0.4) is 0 Å². The Morgan fingerprint density at radius 1 is 1.50 bits per heavy atom. The minimum Gasteiger partial charge on any atom is -0.342 e. The van der Waals surface area contributed by atoms with Crippen molar-refractivity contribution in [3.05, 3.63) is 11.1 Å². The molecule has 1 aromatic rings. The number of rotatable bonds is 5. The van der Waals surface area contributed by atoms with E-state index in [4.69, 9.17) is 0 Å². The van der Waals surface area contributed by atoms with Gasteiger partial charge in [0, 0.05) is 19.0 Å². The fraction of sp³-hybridized carbons (Fsp3) is 0.667. The lowest BCUT2D eigenvalue weighted by Gasteiger charge is -2.17. The Hall–Kier alpha value is -0.820. The first-order valence-electron chi connectivity index (χ1n) is 4.85. The van der Waals surface area contributed by atoms with E-state index >= 15 is 0 Å². The average molecular weight is 253 g/mol. The molecule has 0 saturated heterocycles. The quantitative estimate of drug-likeness (QED) is 0.872. The fourth-order valence-corrected chi connectivity index (χ4v) is 1.93. The van der Waals surface area contributed by atoms with Gasteiger partial charge < -0.3 is 10.2 Å². The Labute approximate surface area is 96.3 Å². The van der Waals surface area contributed by atoms with Crippen molar-refractivity contribution < 1.29 is 13.2 Å². The van der Waals surface area contributed by atoms with Gasteiger partial charge in [-0.15, -0.1) is 11.3 Å². The van der Waals surface area contributed by atoms with Gasteiger partial charge in [-0.25, -0.2) is 4.98 Å². The number of alkyl halides is 3. The van der Waals surface area contributed by atoms with Crippen LogP contribution in [0.1, 0.15) is 12.6 Å². The third-order valence-corrected chi connectivity index (χ3v) is 2.84. The van der Waals surface area contributed by atoms with E-state index < -0.39 is 12.7 Å². The number of aromatic nitrogens is 1. The minimum atomic E-state index is -4.19. The highest BCUT2D eigenvalue weighted by Gasteiger charge is 2.30. The molecule has 1 rings (SSSR count). The van der Waals surface area contributed by atoms with E-state index in [1.165, 1.54) is 18.4 Å². The third kappa shape index (κ3) is 4.36. The molecule has 0 aliphatic carbocycles. The Balaban J connectivity index is 2.56. The van der Waals surface area contributed by atoms with Gasteiger partial charge in [-0.05, 0) is 6.54 Å². The highest BCUT2D eigenvalue weighted by Crippen LogP contribution is 2.23. The van der Waals surface area contributed by atoms with Crippen LogP contribution in [0.25, 0.3) is 0 Å². The van der Waals surface area contributed by atoms with Crippen LogP contribution in [0.15, 0.2) is 5.38 Å². The first kappa shape index (κ1) is 13.2. The van der Waals surface area contributed by atoms with Gasteiger partial charge in [0.15, 0.2) is 5.13 Å². The highest BCUT2D eigenvalue weighted by atomic mass is 32.1. The number of anilines is 1. The van der Waals surface area contributed by atoms with Crippen LogP contribution >= 0.6 is 11.3 Å². The molecule has 3 nitrogen and oxygen atoms in total. The normalized spacial score (nSPS) is 11.8. The molecular weight excluding hydrogens is 239 g/mol. The summed E-state index contributed by atoms with van der Waals surface area (Å²) in [4.78, 5) is 5.23. The Morgan fingerprint density at radius 3 is 2.75 bits per heavy atom. The number of nitrogens with zero attached hydrogens (tertiary/aromatic N) is 2. The van der Waals surface area contributed by atoms with E-state index in [2.05, 4.69) is 10.3 Å². The van der Waals surface area contributed by atoms with Crippen molar-refractivity contribution in [1.29, 1.82) is 0 Å². The molecule has 0 aliphatic rings. The Kier molecular flexibility index (Phi) is 4.55. The molecule has 1 N–H and O–H groups in total. The van der Waals surface area contributed by atoms with Gasteiger partial charge in [-0.3, -0.25) is 0 Å². The topological polar surface area (TPSA) is 28.2 Å². The van der Waals surface area contributed by atoms with Crippen molar-refractivity contribution >= 4 is 16.5 Å².